The Bertz CT molecular complexity index is 1170. The van der Waals surface area contributed by atoms with Crippen molar-refractivity contribution in [3.05, 3.63) is 69.3 Å². The molecule has 31 heavy (non-hydrogen) atoms. The van der Waals surface area contributed by atoms with Crippen LogP contribution in [0.1, 0.15) is 43.2 Å². The van der Waals surface area contributed by atoms with E-state index in [4.69, 9.17) is 22.1 Å². The maximum absolute atomic E-state index is 12.7. The molecular weight excluding hydrogens is 482 g/mol. The predicted molar refractivity (Wildman–Crippen MR) is 123 cm³/mol. The van der Waals surface area contributed by atoms with E-state index in [9.17, 15) is 4.79 Å². The van der Waals surface area contributed by atoms with Gasteiger partial charge in [-0.25, -0.2) is 0 Å². The first-order valence-electron chi connectivity index (χ1n) is 10.8. The van der Waals surface area contributed by atoms with Crippen LogP contribution in [0.5, 0.6) is 0 Å². The van der Waals surface area contributed by atoms with E-state index in [1.807, 2.05) is 24.3 Å². The Balaban J connectivity index is 1.19. The standard InChI is InChI=1S/C23H21BrClN3O3/c24-16-3-1-14(2-4-16)23-27-28(13-30-23)19-8-6-18(7-9-19)26-22(29)21-12-15-11-17(25)5-10-20(15)31-21/h1-5,10-12,18-19H,6-9,13H2,(H,26,29)/t18-,19-/i13D/t13?,18-,19-. The number of nitrogens with one attached hydrogen (secondary N) is 1. The monoisotopic (exact) mass is 502 g/mol. The minimum atomic E-state index is -0.854. The van der Waals surface area contributed by atoms with Crippen LogP contribution >= 0.6 is 27.5 Å². The van der Waals surface area contributed by atoms with Crippen LogP contribution in [0.2, 0.25) is 5.02 Å². The molecule has 1 N–H and O–H groups in total. The molecule has 1 atom stereocenters. The molecule has 0 bridgehead atoms. The number of amides is 1. The highest BCUT2D eigenvalue weighted by atomic mass is 79.9. The molecule has 160 valence electrons. The molecule has 2 aliphatic rings. The van der Waals surface area contributed by atoms with Crippen LogP contribution in [0.3, 0.4) is 0 Å². The molecule has 3 aromatic rings. The van der Waals surface area contributed by atoms with Gasteiger partial charge < -0.3 is 14.5 Å². The summed E-state index contributed by atoms with van der Waals surface area (Å²) in [5, 5.41) is 10.8. The lowest BCUT2D eigenvalue weighted by Crippen LogP contribution is -2.42. The molecule has 1 fully saturated rings. The molecule has 0 spiro atoms. The third-order valence-corrected chi connectivity index (χ3v) is 6.44. The van der Waals surface area contributed by atoms with Gasteiger partial charge in [-0.15, -0.1) is 5.10 Å². The minimum absolute atomic E-state index is 0.0539. The molecule has 1 unspecified atom stereocenters. The first-order chi connectivity index (χ1) is 15.5. The molecule has 1 aliphatic heterocycles. The summed E-state index contributed by atoms with van der Waals surface area (Å²) in [5.41, 5.74) is 1.49. The van der Waals surface area contributed by atoms with Gasteiger partial charge in [0.15, 0.2) is 12.5 Å². The molecule has 6 nitrogen and oxygen atoms in total. The van der Waals surface area contributed by atoms with Gasteiger partial charge in [-0.2, -0.15) is 0 Å². The molecule has 1 amide bonds. The van der Waals surface area contributed by atoms with Crippen LogP contribution in [0, 0.1) is 0 Å². The fraction of sp³-hybridized carbons (Fsp3) is 0.304. The molecule has 1 saturated carbocycles. The van der Waals surface area contributed by atoms with Crippen molar-refractivity contribution in [3.8, 4) is 0 Å². The first-order valence-corrected chi connectivity index (χ1v) is 11.3. The number of hydrogen-bond acceptors (Lipinski definition) is 5. The van der Waals surface area contributed by atoms with E-state index >= 15 is 0 Å². The van der Waals surface area contributed by atoms with Crippen LogP contribution in [0.15, 0.2) is 62.5 Å². The highest BCUT2D eigenvalue weighted by Crippen LogP contribution is 2.27. The molecule has 2 aromatic carbocycles. The van der Waals surface area contributed by atoms with Crippen molar-refractivity contribution in [3.63, 3.8) is 0 Å². The fourth-order valence-corrected chi connectivity index (χ4v) is 4.45. The molecule has 1 aliphatic carbocycles. The summed E-state index contributed by atoms with van der Waals surface area (Å²) >= 11 is 9.43. The lowest BCUT2D eigenvalue weighted by atomic mass is 9.91. The average Bonchev–Trinajstić information content (AvgIpc) is 3.38. The predicted octanol–water partition coefficient (Wildman–Crippen LogP) is 5.54. The van der Waals surface area contributed by atoms with Crippen LogP contribution in [0.25, 0.3) is 11.0 Å². The largest absolute Gasteiger partial charge is 0.453 e. The van der Waals surface area contributed by atoms with Gasteiger partial charge in [0.25, 0.3) is 5.91 Å². The zero-order valence-corrected chi connectivity index (χ0v) is 18.9. The Morgan fingerprint density at radius 3 is 2.71 bits per heavy atom. The Labute approximate surface area is 194 Å². The molecule has 8 heteroatoms. The van der Waals surface area contributed by atoms with Crippen LogP contribution in [-0.2, 0) is 4.74 Å². The molecular formula is C23H21BrClN3O3. The van der Waals surface area contributed by atoms with E-state index in [0.29, 0.717) is 16.5 Å². The van der Waals surface area contributed by atoms with Gasteiger partial charge in [-0.1, -0.05) is 27.5 Å². The molecule has 0 saturated heterocycles. The Kier molecular flexibility index (Phi) is 5.30. The summed E-state index contributed by atoms with van der Waals surface area (Å²) in [6.45, 7) is -0.854. The van der Waals surface area contributed by atoms with Crippen molar-refractivity contribution in [1.29, 1.82) is 0 Å². The lowest BCUT2D eigenvalue weighted by Gasteiger charge is -2.32. The maximum atomic E-state index is 12.7. The van der Waals surface area contributed by atoms with E-state index in [2.05, 4.69) is 26.3 Å². The zero-order valence-electron chi connectivity index (χ0n) is 17.6. The number of hydrazone groups is 1. The number of benzene rings is 2. The zero-order chi connectivity index (χ0) is 22.2. The maximum Gasteiger partial charge on any atom is 0.287 e. The van der Waals surface area contributed by atoms with Gasteiger partial charge in [0.05, 0.1) is 7.41 Å². The molecule has 5 rings (SSSR count). The number of halogens is 2. The van der Waals surface area contributed by atoms with Gasteiger partial charge in [0, 0.05) is 26.5 Å². The number of ether oxygens (including phenoxy) is 1. The van der Waals surface area contributed by atoms with Gasteiger partial charge in [-0.05, 0) is 74.2 Å². The summed E-state index contributed by atoms with van der Waals surface area (Å²) in [5.74, 6) is 0.532. The highest BCUT2D eigenvalue weighted by molar-refractivity contribution is 9.10. The number of hydrogen-bond donors (Lipinski definition) is 1. The Morgan fingerprint density at radius 2 is 1.94 bits per heavy atom. The quantitative estimate of drug-likeness (QED) is 0.507. The lowest BCUT2D eigenvalue weighted by molar-refractivity contribution is 0.0810. The SMILES string of the molecule is [2H]C1OC(c2ccc(Br)cc2)=NN1[C@H]1CC[C@H](NC(=O)c2cc3cc(Cl)ccc3o2)CC1. The van der Waals surface area contributed by atoms with Crippen LogP contribution < -0.4 is 5.32 Å². The Morgan fingerprint density at radius 1 is 1.16 bits per heavy atom. The van der Waals surface area contributed by atoms with E-state index in [0.717, 1.165) is 41.1 Å². The number of furan rings is 1. The summed E-state index contributed by atoms with van der Waals surface area (Å²) in [4.78, 5) is 12.7. The van der Waals surface area contributed by atoms with Crippen molar-refractivity contribution in [1.82, 2.24) is 10.3 Å². The number of carbonyl (C=O) groups is 1. The second-order valence-electron chi connectivity index (χ2n) is 7.79. The van der Waals surface area contributed by atoms with Crippen molar-refractivity contribution in [2.24, 2.45) is 5.10 Å². The van der Waals surface area contributed by atoms with E-state index < -0.39 is 6.71 Å². The summed E-state index contributed by atoms with van der Waals surface area (Å²) in [7, 11) is 0. The van der Waals surface area contributed by atoms with E-state index in [1.54, 1.807) is 29.3 Å². The van der Waals surface area contributed by atoms with Gasteiger partial charge in [0.2, 0.25) is 5.90 Å². The summed E-state index contributed by atoms with van der Waals surface area (Å²) in [6, 6.07) is 14.8. The van der Waals surface area contributed by atoms with Crippen molar-refractivity contribution in [2.45, 2.75) is 37.8 Å². The van der Waals surface area contributed by atoms with Crippen LogP contribution in [0.4, 0.5) is 0 Å². The number of carbonyl (C=O) groups excluding carboxylic acids is 1. The fourth-order valence-electron chi connectivity index (χ4n) is 4.01. The average molecular weight is 504 g/mol. The third kappa shape index (κ3) is 4.43. The van der Waals surface area contributed by atoms with Crippen molar-refractivity contribution < 1.29 is 15.3 Å². The normalized spacial score (nSPS) is 23.9. The smallest absolute Gasteiger partial charge is 0.287 e. The van der Waals surface area contributed by atoms with Gasteiger partial charge in [-0.3, -0.25) is 9.80 Å². The van der Waals surface area contributed by atoms with Gasteiger partial charge >= 0.3 is 0 Å². The molecule has 1 aromatic heterocycles. The number of rotatable bonds is 4. The van der Waals surface area contributed by atoms with E-state index in [-0.39, 0.29) is 23.8 Å². The third-order valence-electron chi connectivity index (χ3n) is 5.68. The Hall–Kier alpha value is -2.51. The van der Waals surface area contributed by atoms with Crippen molar-refractivity contribution >= 4 is 50.3 Å². The second kappa shape index (κ2) is 8.55. The van der Waals surface area contributed by atoms with Gasteiger partial charge in [0.1, 0.15) is 5.58 Å². The minimum Gasteiger partial charge on any atom is -0.453 e. The number of nitrogens with zero attached hydrogens (tertiary/aromatic N) is 2. The van der Waals surface area contributed by atoms with Crippen molar-refractivity contribution in [2.75, 3.05) is 6.71 Å². The van der Waals surface area contributed by atoms with Crippen LogP contribution in [-0.4, -0.2) is 35.6 Å². The highest BCUT2D eigenvalue weighted by Gasteiger charge is 2.30. The first kappa shape index (κ1) is 19.2. The summed E-state index contributed by atoms with van der Waals surface area (Å²) < 4.78 is 20.6. The number of fused-ring (bicyclic) bond motifs is 1. The van der Waals surface area contributed by atoms with E-state index in [1.165, 1.54) is 0 Å². The molecule has 2 heterocycles. The second-order valence-corrected chi connectivity index (χ2v) is 9.14. The molecule has 0 radical (unpaired) electrons. The topological polar surface area (TPSA) is 67.1 Å². The summed E-state index contributed by atoms with van der Waals surface area (Å²) in [6.07, 6.45) is 3.23.